The first kappa shape index (κ1) is 14.2. The molecule has 20 heavy (non-hydrogen) atoms. The lowest BCUT2D eigenvalue weighted by atomic mass is 10.1. The van der Waals surface area contributed by atoms with Crippen molar-refractivity contribution in [2.75, 3.05) is 5.32 Å². The van der Waals surface area contributed by atoms with Crippen molar-refractivity contribution >= 4 is 28.9 Å². The van der Waals surface area contributed by atoms with Crippen molar-refractivity contribution in [1.29, 1.82) is 0 Å². The van der Waals surface area contributed by atoms with Gasteiger partial charge in [-0.15, -0.1) is 11.3 Å². The summed E-state index contributed by atoms with van der Waals surface area (Å²) in [5.74, 6) is -2.28. The number of carbonyl (C=O) groups excluding carboxylic acids is 1. The summed E-state index contributed by atoms with van der Waals surface area (Å²) in [7, 11) is 0. The van der Waals surface area contributed by atoms with Crippen LogP contribution in [0.2, 0.25) is 0 Å². The molecule has 0 radical (unpaired) electrons. The Morgan fingerprint density at radius 1 is 1.25 bits per heavy atom. The molecule has 0 atom stereocenters. The number of anilines is 1. The zero-order valence-corrected chi connectivity index (χ0v) is 11.7. The van der Waals surface area contributed by atoms with Crippen LogP contribution in [0.15, 0.2) is 24.3 Å². The first-order chi connectivity index (χ1) is 9.38. The highest BCUT2D eigenvalue weighted by molar-refractivity contribution is 7.14. The molecule has 0 aliphatic rings. The maximum absolute atomic E-state index is 13.2. The molecule has 0 unspecified atom stereocenters. The molecule has 0 fully saturated rings. The number of rotatable bonds is 3. The van der Waals surface area contributed by atoms with E-state index in [9.17, 15) is 14.0 Å². The van der Waals surface area contributed by atoms with Gasteiger partial charge in [0.2, 0.25) is 0 Å². The third kappa shape index (κ3) is 2.85. The van der Waals surface area contributed by atoms with Gasteiger partial charge in [-0.3, -0.25) is 4.79 Å². The van der Waals surface area contributed by atoms with Gasteiger partial charge in [-0.05, 0) is 43.7 Å². The molecule has 0 saturated heterocycles. The predicted octanol–water partition coefficient (Wildman–Crippen LogP) is 3.45. The normalized spacial score (nSPS) is 10.3. The van der Waals surface area contributed by atoms with Crippen LogP contribution >= 0.6 is 11.3 Å². The van der Waals surface area contributed by atoms with Gasteiger partial charge in [-0.2, -0.15) is 0 Å². The number of carboxylic acid groups (broad SMARTS) is 1. The lowest BCUT2D eigenvalue weighted by Gasteiger charge is -2.07. The zero-order valence-electron chi connectivity index (χ0n) is 10.9. The first-order valence-corrected chi connectivity index (χ1v) is 6.61. The summed E-state index contributed by atoms with van der Waals surface area (Å²) >= 11 is 1.31. The number of hydrogen-bond acceptors (Lipinski definition) is 3. The summed E-state index contributed by atoms with van der Waals surface area (Å²) in [5.41, 5.74) is 0.786. The number of thiophene rings is 1. The van der Waals surface area contributed by atoms with E-state index < -0.39 is 17.7 Å². The molecule has 0 aliphatic carbocycles. The molecule has 0 saturated carbocycles. The Hall–Kier alpha value is -2.21. The van der Waals surface area contributed by atoms with E-state index in [1.807, 2.05) is 13.8 Å². The number of amides is 1. The van der Waals surface area contributed by atoms with Crippen molar-refractivity contribution in [3.05, 3.63) is 51.0 Å². The second-order valence-corrected chi connectivity index (χ2v) is 5.56. The molecule has 0 aliphatic heterocycles. The lowest BCUT2D eigenvalue weighted by Crippen LogP contribution is -2.14. The average Bonchev–Trinajstić information content (AvgIpc) is 2.69. The van der Waals surface area contributed by atoms with Crippen LogP contribution in [0.1, 0.15) is 30.5 Å². The van der Waals surface area contributed by atoms with Crippen LogP contribution in [0.25, 0.3) is 0 Å². The van der Waals surface area contributed by atoms with Crippen LogP contribution in [0, 0.1) is 19.7 Å². The van der Waals surface area contributed by atoms with Gasteiger partial charge in [0.1, 0.15) is 5.82 Å². The fourth-order valence-electron chi connectivity index (χ4n) is 1.68. The van der Waals surface area contributed by atoms with Crippen LogP contribution in [-0.4, -0.2) is 17.0 Å². The number of aromatic carboxylic acids is 1. The smallest absolute Gasteiger partial charge is 0.337 e. The van der Waals surface area contributed by atoms with Gasteiger partial charge in [0.25, 0.3) is 5.91 Å². The van der Waals surface area contributed by atoms with Crippen molar-refractivity contribution in [2.24, 2.45) is 0 Å². The van der Waals surface area contributed by atoms with E-state index in [1.54, 1.807) is 6.07 Å². The van der Waals surface area contributed by atoms with Crippen molar-refractivity contribution in [3.63, 3.8) is 0 Å². The third-order valence-corrected chi connectivity index (χ3v) is 4.00. The van der Waals surface area contributed by atoms with Gasteiger partial charge in [0.15, 0.2) is 0 Å². The van der Waals surface area contributed by atoms with Gasteiger partial charge < -0.3 is 10.4 Å². The average molecular weight is 293 g/mol. The monoisotopic (exact) mass is 293 g/mol. The zero-order chi connectivity index (χ0) is 14.9. The minimum absolute atomic E-state index is 0.0498. The van der Waals surface area contributed by atoms with Gasteiger partial charge in [-0.25, -0.2) is 9.18 Å². The number of hydrogen-bond donors (Lipinski definition) is 2. The van der Waals surface area contributed by atoms with Gasteiger partial charge in [0.05, 0.1) is 16.1 Å². The van der Waals surface area contributed by atoms with Crippen LogP contribution in [0.5, 0.6) is 0 Å². The highest BCUT2D eigenvalue weighted by atomic mass is 32.1. The second-order valence-electron chi connectivity index (χ2n) is 4.30. The molecule has 0 spiro atoms. The summed E-state index contributed by atoms with van der Waals surface area (Å²) in [6.45, 7) is 3.77. The van der Waals surface area contributed by atoms with E-state index >= 15 is 0 Å². The minimum atomic E-state index is -1.22. The topological polar surface area (TPSA) is 66.4 Å². The number of halogens is 1. The number of benzene rings is 1. The largest absolute Gasteiger partial charge is 0.478 e. The molecular weight excluding hydrogens is 281 g/mol. The van der Waals surface area contributed by atoms with E-state index in [4.69, 9.17) is 5.11 Å². The van der Waals surface area contributed by atoms with Gasteiger partial charge in [0, 0.05) is 4.88 Å². The Bertz CT molecular complexity index is 674. The minimum Gasteiger partial charge on any atom is -0.478 e. The fraction of sp³-hybridized carbons (Fsp3) is 0.143. The number of carboxylic acids is 1. The van der Waals surface area contributed by atoms with Crippen LogP contribution < -0.4 is 5.32 Å². The predicted molar refractivity (Wildman–Crippen MR) is 75.1 cm³/mol. The first-order valence-electron chi connectivity index (χ1n) is 5.79. The fourth-order valence-corrected chi connectivity index (χ4v) is 2.60. The summed E-state index contributed by atoms with van der Waals surface area (Å²) in [4.78, 5) is 24.6. The molecule has 1 heterocycles. The quantitative estimate of drug-likeness (QED) is 0.910. The molecule has 2 rings (SSSR count). The van der Waals surface area contributed by atoms with Crippen molar-refractivity contribution in [1.82, 2.24) is 0 Å². The molecule has 0 bridgehead atoms. The molecule has 2 N–H and O–H groups in total. The van der Waals surface area contributed by atoms with Crippen LogP contribution in [0.3, 0.4) is 0 Å². The molecule has 2 aromatic rings. The maximum Gasteiger partial charge on any atom is 0.337 e. The van der Waals surface area contributed by atoms with Crippen molar-refractivity contribution in [2.45, 2.75) is 13.8 Å². The Kier molecular flexibility index (Phi) is 3.85. The highest BCUT2D eigenvalue weighted by Gasteiger charge is 2.16. The molecule has 1 amide bonds. The second kappa shape index (κ2) is 5.42. The van der Waals surface area contributed by atoms with E-state index in [0.717, 1.165) is 28.6 Å². The Morgan fingerprint density at radius 3 is 2.50 bits per heavy atom. The summed E-state index contributed by atoms with van der Waals surface area (Å²) < 4.78 is 13.2. The number of carbonyl (C=O) groups is 2. The highest BCUT2D eigenvalue weighted by Crippen LogP contribution is 2.23. The number of aryl methyl sites for hydroxylation is 2. The van der Waals surface area contributed by atoms with E-state index in [-0.39, 0.29) is 11.3 Å². The molecule has 4 nitrogen and oxygen atoms in total. The van der Waals surface area contributed by atoms with Crippen LogP contribution in [0.4, 0.5) is 10.1 Å². The summed E-state index contributed by atoms with van der Waals surface area (Å²) in [6.07, 6.45) is 0. The lowest BCUT2D eigenvalue weighted by molar-refractivity contribution is 0.0698. The van der Waals surface area contributed by atoms with Gasteiger partial charge in [-0.1, -0.05) is 0 Å². The number of nitrogens with one attached hydrogen (secondary N) is 1. The van der Waals surface area contributed by atoms with E-state index in [1.165, 1.54) is 11.3 Å². The SMILES string of the molecule is Cc1cc(C(=O)Nc2cc(F)ccc2C(=O)O)sc1C. The summed E-state index contributed by atoms with van der Waals surface area (Å²) in [5, 5.41) is 11.5. The standard InChI is InChI=1S/C14H12FNO3S/c1-7-5-12(20-8(7)2)13(17)16-11-6-9(15)3-4-10(11)14(18)19/h3-6H,1-2H3,(H,16,17)(H,18,19). The Labute approximate surface area is 118 Å². The molecule has 104 valence electrons. The molecule has 6 heteroatoms. The van der Waals surface area contributed by atoms with Gasteiger partial charge >= 0.3 is 5.97 Å². The van der Waals surface area contributed by atoms with Crippen molar-refractivity contribution < 1.29 is 19.1 Å². The Balaban J connectivity index is 2.32. The summed E-state index contributed by atoms with van der Waals surface area (Å²) in [6, 6.07) is 4.88. The molecule has 1 aromatic carbocycles. The Morgan fingerprint density at radius 2 is 1.95 bits per heavy atom. The van der Waals surface area contributed by atoms with E-state index in [0.29, 0.717) is 4.88 Å². The maximum atomic E-state index is 13.2. The molecule has 1 aromatic heterocycles. The van der Waals surface area contributed by atoms with Crippen LogP contribution in [-0.2, 0) is 0 Å². The molecular formula is C14H12FNO3S. The van der Waals surface area contributed by atoms with Crippen molar-refractivity contribution in [3.8, 4) is 0 Å². The third-order valence-electron chi connectivity index (χ3n) is 2.85. The van der Waals surface area contributed by atoms with E-state index in [2.05, 4.69) is 5.32 Å².